The van der Waals surface area contributed by atoms with Gasteiger partial charge in [0.1, 0.15) is 5.70 Å². The highest BCUT2D eigenvalue weighted by Gasteiger charge is 2.41. The summed E-state index contributed by atoms with van der Waals surface area (Å²) in [7, 11) is 1.84. The van der Waals surface area contributed by atoms with Gasteiger partial charge in [-0.3, -0.25) is 14.5 Å². The number of likely N-dealkylation sites (N-methyl/N-ethyl adjacent to an activating group) is 1. The molecule has 150 valence electrons. The molecule has 4 rings (SSSR count). The summed E-state index contributed by atoms with van der Waals surface area (Å²) in [5.74, 6) is -0.534. The van der Waals surface area contributed by atoms with Crippen molar-refractivity contribution in [2.45, 2.75) is 20.4 Å². The van der Waals surface area contributed by atoms with Gasteiger partial charge in [-0.05, 0) is 48.2 Å². The van der Waals surface area contributed by atoms with Crippen LogP contribution in [0.3, 0.4) is 0 Å². The molecular formula is C26H24N2O2. The van der Waals surface area contributed by atoms with Crippen molar-refractivity contribution in [3.05, 3.63) is 107 Å². The molecule has 0 saturated carbocycles. The van der Waals surface area contributed by atoms with Crippen LogP contribution in [0, 0.1) is 13.8 Å². The Bertz CT molecular complexity index is 1130. The lowest BCUT2D eigenvalue weighted by Crippen LogP contribution is -2.33. The fourth-order valence-corrected chi connectivity index (χ4v) is 3.72. The van der Waals surface area contributed by atoms with E-state index in [9.17, 15) is 9.59 Å². The van der Waals surface area contributed by atoms with Crippen LogP contribution in [0.25, 0.3) is 5.57 Å². The molecular weight excluding hydrogens is 372 g/mol. The zero-order valence-corrected chi connectivity index (χ0v) is 17.4. The Labute approximate surface area is 177 Å². The number of carbonyl (C=O) groups excluding carboxylic acids is 2. The van der Waals surface area contributed by atoms with Gasteiger partial charge < -0.3 is 4.90 Å². The summed E-state index contributed by atoms with van der Waals surface area (Å²) in [6.45, 7) is 4.30. The molecule has 0 saturated heterocycles. The van der Waals surface area contributed by atoms with Crippen LogP contribution in [0.15, 0.2) is 84.6 Å². The van der Waals surface area contributed by atoms with E-state index < -0.39 is 0 Å². The second-order valence-corrected chi connectivity index (χ2v) is 7.60. The van der Waals surface area contributed by atoms with Gasteiger partial charge in [0.05, 0.1) is 12.1 Å². The zero-order valence-electron chi connectivity index (χ0n) is 17.4. The van der Waals surface area contributed by atoms with E-state index in [1.54, 1.807) is 0 Å². The lowest BCUT2D eigenvalue weighted by molar-refractivity contribution is -0.137. The number of anilines is 1. The average Bonchev–Trinajstić information content (AvgIpc) is 3.01. The van der Waals surface area contributed by atoms with Gasteiger partial charge in [-0.25, -0.2) is 0 Å². The van der Waals surface area contributed by atoms with Gasteiger partial charge in [-0.15, -0.1) is 0 Å². The van der Waals surface area contributed by atoms with E-state index in [0.29, 0.717) is 11.3 Å². The molecule has 0 aromatic heterocycles. The minimum atomic E-state index is -0.275. The number of imide groups is 1. The number of nitrogens with zero attached hydrogens (tertiary/aromatic N) is 2. The minimum absolute atomic E-state index is 0.249. The van der Waals surface area contributed by atoms with Crippen LogP contribution >= 0.6 is 0 Å². The Morgan fingerprint density at radius 2 is 1.40 bits per heavy atom. The molecule has 3 aromatic rings. The van der Waals surface area contributed by atoms with Crippen LogP contribution < -0.4 is 4.90 Å². The van der Waals surface area contributed by atoms with E-state index in [2.05, 4.69) is 0 Å². The molecule has 0 spiro atoms. The Kier molecular flexibility index (Phi) is 5.23. The predicted molar refractivity (Wildman–Crippen MR) is 120 cm³/mol. The quantitative estimate of drug-likeness (QED) is 0.586. The average molecular weight is 396 g/mol. The van der Waals surface area contributed by atoms with Crippen molar-refractivity contribution in [2.75, 3.05) is 11.9 Å². The SMILES string of the molecule is Cc1ccc(C2=C(N(C)c3ccccc3)C(=O)N(Cc3ccccc3)C2=O)cc1C. The largest absolute Gasteiger partial charge is 0.339 e. The molecule has 3 aromatic carbocycles. The van der Waals surface area contributed by atoms with Crippen molar-refractivity contribution in [1.82, 2.24) is 4.90 Å². The Hall–Kier alpha value is -3.66. The number of para-hydroxylation sites is 1. The number of benzene rings is 3. The maximum Gasteiger partial charge on any atom is 0.278 e. The van der Waals surface area contributed by atoms with E-state index >= 15 is 0 Å². The van der Waals surface area contributed by atoms with Crippen molar-refractivity contribution >= 4 is 23.1 Å². The lowest BCUT2D eigenvalue weighted by Gasteiger charge is -2.21. The summed E-state index contributed by atoms with van der Waals surface area (Å²) >= 11 is 0. The molecule has 1 aliphatic rings. The van der Waals surface area contributed by atoms with Gasteiger partial charge in [-0.2, -0.15) is 0 Å². The number of rotatable bonds is 5. The number of hydrogen-bond acceptors (Lipinski definition) is 3. The molecule has 4 heteroatoms. The maximum atomic E-state index is 13.5. The first-order chi connectivity index (χ1) is 14.5. The van der Waals surface area contributed by atoms with Gasteiger partial charge in [0.2, 0.25) is 0 Å². The monoisotopic (exact) mass is 396 g/mol. The Balaban J connectivity index is 1.82. The van der Waals surface area contributed by atoms with Crippen LogP contribution in [0.2, 0.25) is 0 Å². The topological polar surface area (TPSA) is 40.6 Å². The second kappa shape index (κ2) is 7.99. The number of carbonyl (C=O) groups is 2. The first kappa shape index (κ1) is 19.6. The van der Waals surface area contributed by atoms with Crippen molar-refractivity contribution in [2.24, 2.45) is 0 Å². The van der Waals surface area contributed by atoms with Crippen molar-refractivity contribution in [3.8, 4) is 0 Å². The molecule has 0 atom stereocenters. The highest BCUT2D eigenvalue weighted by Crippen LogP contribution is 2.34. The fourth-order valence-electron chi connectivity index (χ4n) is 3.72. The van der Waals surface area contributed by atoms with Crippen molar-refractivity contribution in [3.63, 3.8) is 0 Å². The number of amides is 2. The van der Waals surface area contributed by atoms with Gasteiger partial charge in [0, 0.05) is 12.7 Å². The van der Waals surface area contributed by atoms with Crippen LogP contribution in [-0.4, -0.2) is 23.8 Å². The minimum Gasteiger partial charge on any atom is -0.339 e. The van der Waals surface area contributed by atoms with E-state index in [-0.39, 0.29) is 18.4 Å². The van der Waals surface area contributed by atoms with E-state index in [1.807, 2.05) is 105 Å². The van der Waals surface area contributed by atoms with E-state index in [0.717, 1.165) is 27.9 Å². The Morgan fingerprint density at radius 1 is 0.767 bits per heavy atom. The highest BCUT2D eigenvalue weighted by atomic mass is 16.2. The number of aryl methyl sites for hydroxylation is 2. The summed E-state index contributed by atoms with van der Waals surface area (Å²) < 4.78 is 0. The summed E-state index contributed by atoms with van der Waals surface area (Å²) in [6, 6.07) is 25.1. The summed E-state index contributed by atoms with van der Waals surface area (Å²) in [5.41, 5.74) is 5.64. The van der Waals surface area contributed by atoms with Crippen LogP contribution in [0.4, 0.5) is 5.69 Å². The maximum absolute atomic E-state index is 13.5. The summed E-state index contributed by atoms with van der Waals surface area (Å²) in [5, 5.41) is 0. The predicted octanol–water partition coefficient (Wildman–Crippen LogP) is 4.72. The third-order valence-corrected chi connectivity index (χ3v) is 5.60. The standard InChI is InChI=1S/C26H24N2O2/c1-18-14-15-21(16-19(18)2)23-24(27(3)22-12-8-5-9-13-22)26(30)28(25(23)29)17-20-10-6-4-7-11-20/h4-16H,17H2,1-3H3. The molecule has 0 fully saturated rings. The molecule has 0 radical (unpaired) electrons. The number of hydrogen-bond donors (Lipinski definition) is 0. The highest BCUT2D eigenvalue weighted by molar-refractivity contribution is 6.36. The smallest absolute Gasteiger partial charge is 0.278 e. The molecule has 0 unspecified atom stereocenters. The van der Waals surface area contributed by atoms with Gasteiger partial charge in [0.25, 0.3) is 11.8 Å². The van der Waals surface area contributed by atoms with Gasteiger partial charge >= 0.3 is 0 Å². The molecule has 0 bridgehead atoms. The Morgan fingerprint density at radius 3 is 2.03 bits per heavy atom. The first-order valence-corrected chi connectivity index (χ1v) is 9.98. The van der Waals surface area contributed by atoms with E-state index in [1.165, 1.54) is 4.90 Å². The van der Waals surface area contributed by atoms with Crippen LogP contribution in [-0.2, 0) is 16.1 Å². The normalized spacial score (nSPS) is 13.9. The molecule has 1 aliphatic heterocycles. The molecule has 2 amide bonds. The molecule has 4 nitrogen and oxygen atoms in total. The zero-order chi connectivity index (χ0) is 21.3. The van der Waals surface area contributed by atoms with Crippen LogP contribution in [0.1, 0.15) is 22.3 Å². The van der Waals surface area contributed by atoms with Crippen molar-refractivity contribution in [1.29, 1.82) is 0 Å². The molecule has 0 aliphatic carbocycles. The third-order valence-electron chi connectivity index (χ3n) is 5.60. The van der Waals surface area contributed by atoms with Gasteiger partial charge in [0.15, 0.2) is 0 Å². The van der Waals surface area contributed by atoms with Gasteiger partial charge in [-0.1, -0.05) is 66.7 Å². The van der Waals surface area contributed by atoms with Crippen molar-refractivity contribution < 1.29 is 9.59 Å². The molecule has 1 heterocycles. The fraction of sp³-hybridized carbons (Fsp3) is 0.154. The van der Waals surface area contributed by atoms with Crippen LogP contribution in [0.5, 0.6) is 0 Å². The third kappa shape index (κ3) is 3.52. The molecule has 0 N–H and O–H groups in total. The second-order valence-electron chi connectivity index (χ2n) is 7.60. The molecule has 30 heavy (non-hydrogen) atoms. The lowest BCUT2D eigenvalue weighted by atomic mass is 9.99. The first-order valence-electron chi connectivity index (χ1n) is 9.98. The summed E-state index contributed by atoms with van der Waals surface area (Å²) in [6.07, 6.45) is 0. The summed E-state index contributed by atoms with van der Waals surface area (Å²) in [4.78, 5) is 30.1. The van der Waals surface area contributed by atoms with E-state index in [4.69, 9.17) is 0 Å².